The largest absolute Gasteiger partial charge is 0.275 e. The van der Waals surface area contributed by atoms with E-state index in [4.69, 9.17) is 23.2 Å². The second kappa shape index (κ2) is 9.18. The molecule has 4 aromatic rings. The molecule has 1 aliphatic heterocycles. The molecule has 0 atom stereocenters. The molecular formula is C24H17Cl2N5O3S. The lowest BCUT2D eigenvalue weighted by Gasteiger charge is -2.29. The number of hydrazone groups is 1. The topological polar surface area (TPSA) is 108 Å². The monoisotopic (exact) mass is 525 g/mol. The molecule has 176 valence electrons. The Hall–Kier alpha value is -3.66. The molecule has 0 bridgehead atoms. The van der Waals surface area contributed by atoms with Gasteiger partial charge in [0.05, 0.1) is 16.8 Å². The lowest BCUT2D eigenvalue weighted by molar-refractivity contribution is -0.119. The number of aromatic amines is 1. The zero-order valence-corrected chi connectivity index (χ0v) is 20.3. The minimum Gasteiger partial charge on any atom is -0.275 e. The normalized spacial score (nSPS) is 13.9. The Morgan fingerprint density at radius 3 is 2.54 bits per heavy atom. The average molecular weight is 526 g/mol. The van der Waals surface area contributed by atoms with Crippen molar-refractivity contribution in [2.45, 2.75) is 4.90 Å². The van der Waals surface area contributed by atoms with E-state index in [-0.39, 0.29) is 10.6 Å². The zero-order chi connectivity index (χ0) is 24.6. The Morgan fingerprint density at radius 2 is 1.77 bits per heavy atom. The van der Waals surface area contributed by atoms with E-state index in [1.54, 1.807) is 66.7 Å². The van der Waals surface area contributed by atoms with Crippen molar-refractivity contribution >= 4 is 51.0 Å². The van der Waals surface area contributed by atoms with E-state index in [9.17, 15) is 13.2 Å². The summed E-state index contributed by atoms with van der Waals surface area (Å²) < 4.78 is 28.3. The number of anilines is 1. The second-order valence-corrected chi connectivity index (χ2v) is 10.4. The summed E-state index contributed by atoms with van der Waals surface area (Å²) in [4.78, 5) is 12.9. The molecule has 0 saturated carbocycles. The van der Waals surface area contributed by atoms with Gasteiger partial charge in [0.2, 0.25) is 0 Å². The molecule has 3 aromatic carbocycles. The number of hydrogen-bond donors (Lipinski definition) is 2. The van der Waals surface area contributed by atoms with Crippen LogP contribution in [0.4, 0.5) is 5.69 Å². The van der Waals surface area contributed by atoms with Gasteiger partial charge in [-0.05, 0) is 35.9 Å². The number of nitrogens with one attached hydrogen (secondary N) is 2. The molecule has 1 aromatic heterocycles. The first-order valence-corrected chi connectivity index (χ1v) is 12.6. The SMILES string of the molecule is O=C(CN1c2c(-c3cccc(Cl)c3)n[nH]c2-c2ccccc2S1(=O)=O)NN=Cc1cccc(Cl)c1. The Balaban J connectivity index is 1.52. The highest BCUT2D eigenvalue weighted by atomic mass is 35.5. The van der Waals surface area contributed by atoms with Crippen LogP contribution in [-0.4, -0.2) is 37.3 Å². The van der Waals surface area contributed by atoms with Gasteiger partial charge >= 0.3 is 0 Å². The molecule has 1 amide bonds. The molecule has 0 radical (unpaired) electrons. The highest BCUT2D eigenvalue weighted by Crippen LogP contribution is 2.46. The second-order valence-electron chi connectivity index (χ2n) is 7.66. The number of nitrogens with zero attached hydrogens (tertiary/aromatic N) is 3. The fourth-order valence-corrected chi connectivity index (χ4v) is 5.87. The van der Waals surface area contributed by atoms with Crippen LogP contribution >= 0.6 is 23.2 Å². The number of halogens is 2. The maximum atomic E-state index is 13.6. The molecule has 35 heavy (non-hydrogen) atoms. The number of carbonyl (C=O) groups is 1. The van der Waals surface area contributed by atoms with Crippen LogP contribution in [0.25, 0.3) is 22.5 Å². The molecule has 2 heterocycles. The van der Waals surface area contributed by atoms with Gasteiger partial charge < -0.3 is 0 Å². The first-order chi connectivity index (χ1) is 16.8. The third-order valence-electron chi connectivity index (χ3n) is 5.35. The van der Waals surface area contributed by atoms with Gasteiger partial charge in [0.25, 0.3) is 15.9 Å². The van der Waals surface area contributed by atoms with Crippen molar-refractivity contribution in [3.05, 3.63) is 88.4 Å². The Bertz CT molecular complexity index is 1580. The van der Waals surface area contributed by atoms with E-state index in [1.807, 2.05) is 0 Å². The quantitative estimate of drug-likeness (QED) is 0.290. The van der Waals surface area contributed by atoms with Crippen molar-refractivity contribution in [2.24, 2.45) is 5.10 Å². The number of rotatable bonds is 5. The Labute approximate surface area is 211 Å². The third-order valence-corrected chi connectivity index (χ3v) is 7.63. The van der Waals surface area contributed by atoms with Crippen molar-refractivity contribution < 1.29 is 13.2 Å². The summed E-state index contributed by atoms with van der Waals surface area (Å²) in [6.07, 6.45) is 1.42. The minimum absolute atomic E-state index is 0.0732. The number of amides is 1. The van der Waals surface area contributed by atoms with Crippen LogP contribution in [0.1, 0.15) is 5.56 Å². The first-order valence-electron chi connectivity index (χ1n) is 10.4. The van der Waals surface area contributed by atoms with Crippen LogP contribution in [0.5, 0.6) is 0 Å². The summed E-state index contributed by atoms with van der Waals surface area (Å²) in [7, 11) is -4.07. The van der Waals surface area contributed by atoms with Gasteiger partial charge in [0.1, 0.15) is 17.9 Å². The highest BCUT2D eigenvalue weighted by molar-refractivity contribution is 7.93. The number of fused-ring (bicyclic) bond motifs is 3. The number of benzene rings is 3. The molecule has 5 rings (SSSR count). The smallest absolute Gasteiger partial charge is 0.265 e. The summed E-state index contributed by atoms with van der Waals surface area (Å²) in [5, 5.41) is 12.2. The van der Waals surface area contributed by atoms with Gasteiger partial charge in [-0.3, -0.25) is 14.2 Å². The van der Waals surface area contributed by atoms with Crippen LogP contribution < -0.4 is 9.73 Å². The predicted molar refractivity (Wildman–Crippen MR) is 136 cm³/mol. The summed E-state index contributed by atoms with van der Waals surface area (Å²) in [6.45, 7) is -0.510. The van der Waals surface area contributed by atoms with Crippen molar-refractivity contribution in [1.82, 2.24) is 15.6 Å². The predicted octanol–water partition coefficient (Wildman–Crippen LogP) is 4.71. The molecule has 0 fully saturated rings. The van der Waals surface area contributed by atoms with Gasteiger partial charge in [-0.2, -0.15) is 10.2 Å². The summed E-state index contributed by atoms with van der Waals surface area (Å²) in [5.41, 5.74) is 5.24. The molecule has 11 heteroatoms. The first kappa shape index (κ1) is 23.1. The fourth-order valence-electron chi connectivity index (χ4n) is 3.84. The van der Waals surface area contributed by atoms with Crippen molar-refractivity contribution in [3.8, 4) is 22.5 Å². The van der Waals surface area contributed by atoms with Crippen LogP contribution in [-0.2, 0) is 14.8 Å². The van der Waals surface area contributed by atoms with E-state index in [0.29, 0.717) is 38.1 Å². The standard InChI is InChI=1S/C24H17Cl2N5O3S/c25-17-7-3-5-15(11-17)13-27-28-21(32)14-31-24-22(16-6-4-8-18(26)12-16)29-30-23(24)19-9-1-2-10-20(19)35(31,33)34/h1-13H,14H2,(H,28,32)(H,29,30). The van der Waals surface area contributed by atoms with Crippen molar-refractivity contribution in [3.63, 3.8) is 0 Å². The lowest BCUT2D eigenvalue weighted by Crippen LogP contribution is -2.41. The third kappa shape index (κ3) is 4.41. The van der Waals surface area contributed by atoms with E-state index >= 15 is 0 Å². The number of H-pyrrole nitrogens is 1. The van der Waals surface area contributed by atoms with Gasteiger partial charge in [-0.1, -0.05) is 65.7 Å². The van der Waals surface area contributed by atoms with Gasteiger partial charge in [0, 0.05) is 21.2 Å². The average Bonchev–Trinajstić information content (AvgIpc) is 3.27. The highest BCUT2D eigenvalue weighted by Gasteiger charge is 2.39. The Kier molecular flexibility index (Phi) is 6.06. The minimum atomic E-state index is -4.07. The molecule has 0 saturated heterocycles. The maximum absolute atomic E-state index is 13.6. The fraction of sp³-hybridized carbons (Fsp3) is 0.0417. The Morgan fingerprint density at radius 1 is 1.03 bits per heavy atom. The molecule has 8 nitrogen and oxygen atoms in total. The van der Waals surface area contributed by atoms with Crippen molar-refractivity contribution in [1.29, 1.82) is 0 Å². The van der Waals surface area contributed by atoms with Gasteiger partial charge in [-0.25, -0.2) is 13.8 Å². The van der Waals surface area contributed by atoms with Crippen LogP contribution in [0, 0.1) is 0 Å². The molecule has 0 unspecified atom stereocenters. The summed E-state index contributed by atoms with van der Waals surface area (Å²) in [6, 6.07) is 20.4. The number of sulfonamides is 1. The molecule has 1 aliphatic rings. The number of hydrogen-bond acceptors (Lipinski definition) is 5. The van der Waals surface area contributed by atoms with E-state index in [0.717, 1.165) is 4.31 Å². The van der Waals surface area contributed by atoms with Gasteiger partial charge in [0.15, 0.2) is 0 Å². The van der Waals surface area contributed by atoms with Crippen molar-refractivity contribution in [2.75, 3.05) is 10.8 Å². The zero-order valence-electron chi connectivity index (χ0n) is 17.9. The summed E-state index contributed by atoms with van der Waals surface area (Å²) in [5.74, 6) is -0.629. The summed E-state index contributed by atoms with van der Waals surface area (Å²) >= 11 is 12.1. The van der Waals surface area contributed by atoms with E-state index in [2.05, 4.69) is 20.7 Å². The lowest BCUT2D eigenvalue weighted by atomic mass is 10.1. The molecule has 2 N–H and O–H groups in total. The van der Waals surface area contributed by atoms with Crippen LogP contribution in [0.15, 0.2) is 82.8 Å². The number of carbonyl (C=O) groups excluding carboxylic acids is 1. The van der Waals surface area contributed by atoms with Crippen LogP contribution in [0.3, 0.4) is 0 Å². The van der Waals surface area contributed by atoms with E-state index in [1.165, 1.54) is 12.3 Å². The molecule has 0 aliphatic carbocycles. The van der Waals surface area contributed by atoms with Crippen LogP contribution in [0.2, 0.25) is 10.0 Å². The molecule has 0 spiro atoms. The number of aromatic nitrogens is 2. The van der Waals surface area contributed by atoms with E-state index < -0.39 is 22.5 Å². The maximum Gasteiger partial charge on any atom is 0.265 e. The van der Waals surface area contributed by atoms with Gasteiger partial charge in [-0.15, -0.1) is 0 Å². The molecular weight excluding hydrogens is 509 g/mol.